The van der Waals surface area contributed by atoms with Crippen LogP contribution in [0.25, 0.3) is 16.6 Å². The third-order valence-corrected chi connectivity index (χ3v) is 5.84. The van der Waals surface area contributed by atoms with E-state index in [1.807, 2.05) is 23.0 Å². The molecule has 29 heavy (non-hydrogen) atoms. The number of benzene rings is 1. The maximum Gasteiger partial charge on any atom is 0.250 e. The molecule has 2 heterocycles. The number of amides is 1. The van der Waals surface area contributed by atoms with Gasteiger partial charge < -0.3 is 24.7 Å². The van der Waals surface area contributed by atoms with Crippen molar-refractivity contribution < 1.29 is 14.6 Å². The summed E-state index contributed by atoms with van der Waals surface area (Å²) in [6.45, 7) is 2.08. The zero-order chi connectivity index (χ0) is 20.5. The Labute approximate surface area is 174 Å². The fourth-order valence-electron chi connectivity index (χ4n) is 4.14. The molecule has 3 N–H and O–H groups in total. The van der Waals surface area contributed by atoms with Gasteiger partial charge in [0.25, 0.3) is 5.91 Å². The summed E-state index contributed by atoms with van der Waals surface area (Å²) in [4.78, 5) is 16.3. The molecule has 0 spiro atoms. The molecule has 3 aromatic rings. The first kappa shape index (κ1) is 19.9. The van der Waals surface area contributed by atoms with Gasteiger partial charge in [-0.05, 0) is 44.7 Å². The third kappa shape index (κ3) is 4.03. The van der Waals surface area contributed by atoms with E-state index in [1.165, 1.54) is 0 Å². The fourth-order valence-corrected chi connectivity index (χ4v) is 4.39. The van der Waals surface area contributed by atoms with Crippen molar-refractivity contribution in [2.45, 2.75) is 50.9 Å². The van der Waals surface area contributed by atoms with Crippen molar-refractivity contribution in [1.82, 2.24) is 14.1 Å². The van der Waals surface area contributed by atoms with Gasteiger partial charge in [0, 0.05) is 35.7 Å². The van der Waals surface area contributed by atoms with Crippen molar-refractivity contribution in [2.75, 3.05) is 6.61 Å². The van der Waals surface area contributed by atoms with Gasteiger partial charge >= 0.3 is 0 Å². The van der Waals surface area contributed by atoms with E-state index in [-0.39, 0.29) is 12.1 Å². The lowest BCUT2D eigenvalue weighted by Crippen LogP contribution is -2.26. The lowest BCUT2D eigenvalue weighted by molar-refractivity contribution is -0.0230. The Morgan fingerprint density at radius 2 is 2.14 bits per heavy atom. The molecule has 1 amide bonds. The molecule has 4 rings (SSSR count). The number of aliphatic hydroxyl groups is 1. The van der Waals surface area contributed by atoms with Gasteiger partial charge in [0.2, 0.25) is 0 Å². The number of aromatic nitrogens is 3. The first-order valence-corrected chi connectivity index (χ1v) is 10.2. The van der Waals surface area contributed by atoms with Crippen LogP contribution in [0, 0.1) is 0 Å². The highest BCUT2D eigenvalue weighted by molar-refractivity contribution is 6.36. The van der Waals surface area contributed by atoms with E-state index < -0.39 is 12.0 Å². The summed E-state index contributed by atoms with van der Waals surface area (Å²) >= 11 is 6.57. The summed E-state index contributed by atoms with van der Waals surface area (Å²) in [7, 11) is 0. The maximum atomic E-state index is 12.3. The Hall–Kier alpha value is -2.35. The van der Waals surface area contributed by atoms with Gasteiger partial charge in [-0.2, -0.15) is 0 Å². The predicted octanol–water partition coefficient (Wildman–Crippen LogP) is 3.46. The van der Waals surface area contributed by atoms with Gasteiger partial charge in [0.1, 0.15) is 0 Å². The highest BCUT2D eigenvalue weighted by Gasteiger charge is 2.26. The number of halogens is 1. The Kier molecular flexibility index (Phi) is 5.63. The van der Waals surface area contributed by atoms with E-state index >= 15 is 0 Å². The molecular formula is C21H25ClN4O3. The largest absolute Gasteiger partial charge is 0.391 e. The number of hydrogen-bond acceptors (Lipinski definition) is 4. The average molecular weight is 417 g/mol. The van der Waals surface area contributed by atoms with Gasteiger partial charge in [-0.1, -0.05) is 11.6 Å². The average Bonchev–Trinajstić information content (AvgIpc) is 3.35. The smallest absolute Gasteiger partial charge is 0.250 e. The number of nitrogens with zero attached hydrogens (tertiary/aromatic N) is 3. The van der Waals surface area contributed by atoms with Crippen LogP contribution in [0.5, 0.6) is 0 Å². The van der Waals surface area contributed by atoms with Gasteiger partial charge in [0.15, 0.2) is 0 Å². The summed E-state index contributed by atoms with van der Waals surface area (Å²) in [5, 5.41) is 10.8. The van der Waals surface area contributed by atoms with Crippen LogP contribution in [0.4, 0.5) is 0 Å². The zero-order valence-corrected chi connectivity index (χ0v) is 17.0. The summed E-state index contributed by atoms with van der Waals surface area (Å²) in [6.07, 6.45) is 10.4. The topological polar surface area (TPSA) is 95.3 Å². The summed E-state index contributed by atoms with van der Waals surface area (Å²) in [6, 6.07) is 3.96. The molecule has 0 bridgehead atoms. The molecule has 1 saturated carbocycles. The van der Waals surface area contributed by atoms with Crippen LogP contribution in [0.3, 0.4) is 0 Å². The van der Waals surface area contributed by atoms with E-state index in [9.17, 15) is 9.90 Å². The van der Waals surface area contributed by atoms with Gasteiger partial charge in [-0.3, -0.25) is 4.79 Å². The Morgan fingerprint density at radius 3 is 2.76 bits per heavy atom. The normalized spacial score (nSPS) is 20.8. The molecule has 1 atom stereocenters. The van der Waals surface area contributed by atoms with Crippen molar-refractivity contribution >= 4 is 28.4 Å². The number of hydrogen-bond donors (Lipinski definition) is 2. The van der Waals surface area contributed by atoms with Crippen molar-refractivity contribution in [3.63, 3.8) is 0 Å². The minimum absolute atomic E-state index is 0.154. The van der Waals surface area contributed by atoms with E-state index in [4.69, 9.17) is 22.1 Å². The second kappa shape index (κ2) is 8.18. The van der Waals surface area contributed by atoms with Crippen molar-refractivity contribution in [3.8, 4) is 5.69 Å². The van der Waals surface area contributed by atoms with Gasteiger partial charge in [-0.25, -0.2) is 4.98 Å². The molecule has 0 radical (unpaired) electrons. The SMILES string of the molecule is CC(O)COC1CCC(n2cc(Cl)c3cc(-n4ccnc4)cc(C(N)=O)c32)CC1. The summed E-state index contributed by atoms with van der Waals surface area (Å²) < 4.78 is 9.69. The van der Waals surface area contributed by atoms with Gasteiger partial charge in [0.05, 0.1) is 41.2 Å². The minimum Gasteiger partial charge on any atom is -0.391 e. The molecule has 154 valence electrons. The standard InChI is InChI=1S/C21H25ClN4O3/c1-13(27)11-29-16-4-2-14(3-5-16)26-10-19(22)17-8-15(25-7-6-24-12-25)9-18(20(17)26)21(23)28/h6-10,12-14,16,27H,2-5,11H2,1H3,(H2,23,28). The number of rotatable bonds is 6. The molecular weight excluding hydrogens is 392 g/mol. The number of primary amides is 1. The maximum absolute atomic E-state index is 12.3. The van der Waals surface area contributed by atoms with E-state index in [0.717, 1.165) is 42.3 Å². The van der Waals surface area contributed by atoms with E-state index in [2.05, 4.69) is 9.55 Å². The number of fused-ring (bicyclic) bond motifs is 1. The third-order valence-electron chi connectivity index (χ3n) is 5.54. The second-order valence-electron chi connectivity index (χ2n) is 7.72. The number of imidazole rings is 1. The Balaban J connectivity index is 1.67. The highest BCUT2D eigenvalue weighted by Crippen LogP contribution is 2.38. The molecule has 0 saturated heterocycles. The molecule has 1 aliphatic rings. The van der Waals surface area contributed by atoms with E-state index in [0.29, 0.717) is 17.2 Å². The summed E-state index contributed by atoms with van der Waals surface area (Å²) in [5.41, 5.74) is 7.75. The quantitative estimate of drug-likeness (QED) is 0.643. The second-order valence-corrected chi connectivity index (χ2v) is 8.13. The molecule has 8 heteroatoms. The number of aliphatic hydroxyl groups excluding tert-OH is 1. The lowest BCUT2D eigenvalue weighted by atomic mass is 9.92. The van der Waals surface area contributed by atoms with E-state index in [1.54, 1.807) is 25.5 Å². The molecule has 7 nitrogen and oxygen atoms in total. The van der Waals surface area contributed by atoms with Crippen LogP contribution in [0.1, 0.15) is 49.0 Å². The minimum atomic E-state index is -0.484. The fraction of sp³-hybridized carbons (Fsp3) is 0.429. The van der Waals surface area contributed by atoms with Crippen LogP contribution in [-0.2, 0) is 4.74 Å². The zero-order valence-electron chi connectivity index (χ0n) is 16.3. The van der Waals surface area contributed by atoms with Crippen molar-refractivity contribution in [3.05, 3.63) is 47.6 Å². The predicted molar refractivity (Wildman–Crippen MR) is 112 cm³/mol. The number of nitrogens with two attached hydrogens (primary N) is 1. The van der Waals surface area contributed by atoms with Crippen molar-refractivity contribution in [2.24, 2.45) is 5.73 Å². The molecule has 1 fully saturated rings. The number of carbonyl (C=O) groups excluding carboxylic acids is 1. The first-order valence-electron chi connectivity index (χ1n) is 9.86. The molecule has 1 unspecified atom stereocenters. The Morgan fingerprint density at radius 1 is 1.38 bits per heavy atom. The van der Waals surface area contributed by atoms with Gasteiger partial charge in [-0.15, -0.1) is 0 Å². The Bertz CT molecular complexity index is 1000. The molecule has 1 aliphatic carbocycles. The van der Waals surface area contributed by atoms with Crippen molar-refractivity contribution in [1.29, 1.82) is 0 Å². The van der Waals surface area contributed by atoms with Crippen LogP contribution >= 0.6 is 11.6 Å². The molecule has 2 aromatic heterocycles. The lowest BCUT2D eigenvalue weighted by Gasteiger charge is -2.30. The number of carbonyl (C=O) groups is 1. The first-order chi connectivity index (χ1) is 13.9. The van der Waals surface area contributed by atoms with Crippen LogP contribution in [0.2, 0.25) is 5.02 Å². The number of ether oxygens (including phenoxy) is 1. The van der Waals surface area contributed by atoms with Crippen LogP contribution in [0.15, 0.2) is 37.1 Å². The summed E-state index contributed by atoms with van der Waals surface area (Å²) in [5.74, 6) is -0.484. The highest BCUT2D eigenvalue weighted by atomic mass is 35.5. The van der Waals surface area contributed by atoms with Crippen LogP contribution in [-0.4, -0.2) is 43.9 Å². The van der Waals surface area contributed by atoms with Crippen LogP contribution < -0.4 is 5.73 Å². The monoisotopic (exact) mass is 416 g/mol. The molecule has 1 aromatic carbocycles. The molecule has 0 aliphatic heterocycles.